The molecule has 1 saturated carbocycles. The van der Waals surface area contributed by atoms with Crippen molar-refractivity contribution in [3.8, 4) is 0 Å². The monoisotopic (exact) mass is 434 g/mol. The van der Waals surface area contributed by atoms with Crippen molar-refractivity contribution in [2.45, 2.75) is 51.1 Å². The maximum Gasteiger partial charge on any atom is 0.341 e. The molecule has 1 aromatic rings. The Labute approximate surface area is 180 Å². The van der Waals surface area contributed by atoms with Gasteiger partial charge in [0.25, 0.3) is 0 Å². The van der Waals surface area contributed by atoms with Gasteiger partial charge in [-0.2, -0.15) is 0 Å². The van der Waals surface area contributed by atoms with Crippen molar-refractivity contribution < 1.29 is 19.1 Å². The number of esters is 1. The Hall–Kier alpha value is -1.97. The summed E-state index contributed by atoms with van der Waals surface area (Å²) in [7, 11) is 1.37. The number of carbonyl (C=O) groups excluding carboxylic acids is 3. The molecule has 0 radical (unpaired) electrons. The first-order valence-electron chi connectivity index (χ1n) is 10.8. The molecule has 0 aromatic carbocycles. The molecule has 2 amide bonds. The van der Waals surface area contributed by atoms with Crippen LogP contribution in [0, 0.1) is 0 Å². The Morgan fingerprint density at radius 3 is 2.57 bits per heavy atom. The van der Waals surface area contributed by atoms with Gasteiger partial charge in [0.1, 0.15) is 5.00 Å². The number of amides is 2. The first-order chi connectivity index (χ1) is 14.5. The molecule has 1 saturated heterocycles. The number of piperazine rings is 1. The quantitative estimate of drug-likeness (QED) is 0.628. The molecule has 1 atom stereocenters. The summed E-state index contributed by atoms with van der Waals surface area (Å²) in [6, 6.07) is 0.233. The van der Waals surface area contributed by atoms with E-state index in [0.29, 0.717) is 16.6 Å². The number of anilines is 1. The fourth-order valence-electron chi connectivity index (χ4n) is 4.20. The van der Waals surface area contributed by atoms with Gasteiger partial charge in [0.2, 0.25) is 11.8 Å². The van der Waals surface area contributed by atoms with Gasteiger partial charge >= 0.3 is 5.97 Å². The highest BCUT2D eigenvalue weighted by Gasteiger charge is 2.31. The van der Waals surface area contributed by atoms with Crippen LogP contribution in [0.3, 0.4) is 0 Å². The Morgan fingerprint density at radius 2 is 1.90 bits per heavy atom. The molecule has 1 aliphatic heterocycles. The van der Waals surface area contributed by atoms with Crippen LogP contribution in [0.4, 0.5) is 5.00 Å². The molecule has 2 aliphatic carbocycles. The summed E-state index contributed by atoms with van der Waals surface area (Å²) < 4.78 is 4.94. The molecule has 0 unspecified atom stereocenters. The molecule has 2 heterocycles. The van der Waals surface area contributed by atoms with E-state index in [9.17, 15) is 14.4 Å². The van der Waals surface area contributed by atoms with Gasteiger partial charge in [-0.3, -0.25) is 19.4 Å². The average Bonchev–Trinajstić information content (AvgIpc) is 3.32. The third kappa shape index (κ3) is 4.68. The first-order valence-corrected chi connectivity index (χ1v) is 11.6. The van der Waals surface area contributed by atoms with Gasteiger partial charge < -0.3 is 15.4 Å². The summed E-state index contributed by atoms with van der Waals surface area (Å²) in [5.74, 6) is -0.394. The number of methoxy groups -OCH3 is 1. The van der Waals surface area contributed by atoms with E-state index in [4.69, 9.17) is 4.74 Å². The highest BCUT2D eigenvalue weighted by Crippen LogP contribution is 2.39. The number of rotatable bonds is 7. The maximum atomic E-state index is 12.6. The van der Waals surface area contributed by atoms with E-state index in [2.05, 4.69) is 20.4 Å². The molecule has 164 valence electrons. The van der Waals surface area contributed by atoms with E-state index in [1.807, 2.05) is 6.92 Å². The van der Waals surface area contributed by atoms with E-state index in [0.717, 1.165) is 63.8 Å². The van der Waals surface area contributed by atoms with Crippen LogP contribution >= 0.6 is 11.3 Å². The molecule has 2 fully saturated rings. The van der Waals surface area contributed by atoms with Crippen LogP contribution in [0.25, 0.3) is 0 Å². The van der Waals surface area contributed by atoms with Gasteiger partial charge in [-0.05, 0) is 44.6 Å². The lowest BCUT2D eigenvalue weighted by atomic mass is 10.1. The Bertz CT molecular complexity index is 827. The van der Waals surface area contributed by atoms with Crippen LogP contribution in [0.5, 0.6) is 0 Å². The SMILES string of the molecule is COC(=O)c1c(NC(=O)CN2CCN([C@H](C)C(=O)NC3CC3)CC2)sc2c1CCC2. The van der Waals surface area contributed by atoms with Gasteiger partial charge in [0, 0.05) is 37.1 Å². The largest absolute Gasteiger partial charge is 0.465 e. The van der Waals surface area contributed by atoms with Gasteiger partial charge in [-0.25, -0.2) is 4.79 Å². The summed E-state index contributed by atoms with van der Waals surface area (Å²) in [5, 5.41) is 6.62. The van der Waals surface area contributed by atoms with Crippen LogP contribution in [0.2, 0.25) is 0 Å². The van der Waals surface area contributed by atoms with E-state index in [1.165, 1.54) is 23.3 Å². The smallest absolute Gasteiger partial charge is 0.341 e. The molecule has 4 rings (SSSR count). The van der Waals surface area contributed by atoms with Crippen molar-refractivity contribution in [2.75, 3.05) is 45.2 Å². The molecular weight excluding hydrogens is 404 g/mol. The predicted molar refractivity (Wildman–Crippen MR) is 115 cm³/mol. The summed E-state index contributed by atoms with van der Waals surface area (Å²) >= 11 is 1.50. The minimum absolute atomic E-state index is 0.102. The maximum absolute atomic E-state index is 12.6. The lowest BCUT2D eigenvalue weighted by Crippen LogP contribution is -2.55. The fraction of sp³-hybridized carbons (Fsp3) is 0.667. The first kappa shape index (κ1) is 21.3. The van der Waals surface area contributed by atoms with Crippen molar-refractivity contribution >= 4 is 34.1 Å². The second-order valence-electron chi connectivity index (χ2n) is 8.37. The van der Waals surface area contributed by atoms with Gasteiger partial charge in [0.05, 0.1) is 25.3 Å². The second kappa shape index (κ2) is 9.03. The van der Waals surface area contributed by atoms with E-state index in [-0.39, 0.29) is 30.4 Å². The molecular formula is C21H30N4O4S. The number of carbonyl (C=O) groups is 3. The molecule has 0 bridgehead atoms. The lowest BCUT2D eigenvalue weighted by Gasteiger charge is -2.37. The van der Waals surface area contributed by atoms with Crippen LogP contribution in [-0.4, -0.2) is 79.5 Å². The number of fused-ring (bicyclic) bond motifs is 1. The highest BCUT2D eigenvalue weighted by atomic mass is 32.1. The number of nitrogens with zero attached hydrogens (tertiary/aromatic N) is 2. The van der Waals surface area contributed by atoms with Crippen molar-refractivity contribution in [1.82, 2.24) is 15.1 Å². The van der Waals surface area contributed by atoms with Crippen LogP contribution in [0.1, 0.15) is 47.0 Å². The zero-order valence-electron chi connectivity index (χ0n) is 17.7. The average molecular weight is 435 g/mol. The summed E-state index contributed by atoms with van der Waals surface area (Å²) in [4.78, 5) is 42.6. The zero-order chi connectivity index (χ0) is 21.3. The molecule has 1 aromatic heterocycles. The van der Waals surface area contributed by atoms with Gasteiger partial charge in [0.15, 0.2) is 0 Å². The Balaban J connectivity index is 1.28. The van der Waals surface area contributed by atoms with Crippen LogP contribution < -0.4 is 10.6 Å². The van der Waals surface area contributed by atoms with Gasteiger partial charge in [-0.1, -0.05) is 0 Å². The summed E-state index contributed by atoms with van der Waals surface area (Å²) in [6.45, 7) is 5.21. The van der Waals surface area contributed by atoms with E-state index >= 15 is 0 Å². The van der Waals surface area contributed by atoms with Crippen molar-refractivity contribution in [1.29, 1.82) is 0 Å². The van der Waals surface area contributed by atoms with Crippen molar-refractivity contribution in [3.05, 3.63) is 16.0 Å². The predicted octanol–water partition coefficient (Wildman–Crippen LogP) is 1.25. The standard InChI is InChI=1S/C21H30N4O4S/c1-13(19(27)22-14-6-7-14)25-10-8-24(9-11-25)12-17(26)23-20-18(21(28)29-2)15-4-3-5-16(15)30-20/h13-14H,3-12H2,1-2H3,(H,22,27)(H,23,26)/t13-/m1/s1. The third-order valence-corrected chi connectivity index (χ3v) is 7.40. The van der Waals surface area contributed by atoms with E-state index < -0.39 is 0 Å². The summed E-state index contributed by atoms with van der Waals surface area (Å²) in [5.41, 5.74) is 1.57. The topological polar surface area (TPSA) is 91.0 Å². The normalized spacial score (nSPS) is 20.5. The van der Waals surface area contributed by atoms with E-state index in [1.54, 1.807) is 0 Å². The Kier molecular flexibility index (Phi) is 6.40. The fourth-order valence-corrected chi connectivity index (χ4v) is 5.50. The minimum Gasteiger partial charge on any atom is -0.465 e. The number of thiophene rings is 1. The van der Waals surface area contributed by atoms with Crippen molar-refractivity contribution in [3.63, 3.8) is 0 Å². The third-order valence-electron chi connectivity index (χ3n) is 6.19. The number of hydrogen-bond acceptors (Lipinski definition) is 7. The molecule has 3 aliphatic rings. The number of nitrogens with one attached hydrogen (secondary N) is 2. The number of aryl methyl sites for hydroxylation is 1. The highest BCUT2D eigenvalue weighted by molar-refractivity contribution is 7.17. The minimum atomic E-state index is -0.378. The van der Waals surface area contributed by atoms with Crippen LogP contribution in [0.15, 0.2) is 0 Å². The zero-order valence-corrected chi connectivity index (χ0v) is 18.5. The number of hydrogen-bond donors (Lipinski definition) is 2. The molecule has 30 heavy (non-hydrogen) atoms. The molecule has 8 nitrogen and oxygen atoms in total. The summed E-state index contributed by atoms with van der Waals surface area (Å²) in [6.07, 6.45) is 5.04. The Morgan fingerprint density at radius 1 is 1.17 bits per heavy atom. The molecule has 9 heteroatoms. The molecule has 2 N–H and O–H groups in total. The number of ether oxygens (including phenoxy) is 1. The molecule has 0 spiro atoms. The van der Waals surface area contributed by atoms with Crippen molar-refractivity contribution in [2.24, 2.45) is 0 Å². The second-order valence-corrected chi connectivity index (χ2v) is 9.48. The lowest BCUT2D eigenvalue weighted by molar-refractivity contribution is -0.127. The van der Waals surface area contributed by atoms with Crippen LogP contribution in [-0.2, 0) is 27.2 Å². The van der Waals surface area contributed by atoms with Gasteiger partial charge in [-0.15, -0.1) is 11.3 Å².